The standard InChI is InChI=1S/C21H31N5O4S/c1-15(2)13-18(25-31(28,29)17-10-8-16(30-3)9-11-17)21(27)22-14-20-24-23-19-7-5-4-6-12-26(19)20/h8-11,15,18,25H,4-7,12-14H2,1-3H3,(H,22,27). The molecule has 1 aliphatic heterocycles. The van der Waals surface area contributed by atoms with E-state index in [-0.39, 0.29) is 23.3 Å². The molecule has 1 unspecified atom stereocenters. The van der Waals surface area contributed by atoms with Crippen LogP contribution in [0.2, 0.25) is 0 Å². The normalized spacial score (nSPS) is 15.2. The van der Waals surface area contributed by atoms with Crippen molar-refractivity contribution < 1.29 is 17.9 Å². The Morgan fingerprint density at radius 2 is 1.90 bits per heavy atom. The fourth-order valence-corrected chi connectivity index (χ4v) is 4.86. The van der Waals surface area contributed by atoms with Gasteiger partial charge in [-0.2, -0.15) is 4.72 Å². The van der Waals surface area contributed by atoms with Gasteiger partial charge >= 0.3 is 0 Å². The predicted molar refractivity (Wildman–Crippen MR) is 116 cm³/mol. The zero-order valence-electron chi connectivity index (χ0n) is 18.3. The van der Waals surface area contributed by atoms with Gasteiger partial charge in [-0.1, -0.05) is 20.3 Å². The first kappa shape index (κ1) is 23.2. The number of nitrogens with zero attached hydrogens (tertiary/aromatic N) is 3. The second-order valence-corrected chi connectivity index (χ2v) is 9.91. The second-order valence-electron chi connectivity index (χ2n) is 8.19. The van der Waals surface area contributed by atoms with Crippen LogP contribution < -0.4 is 14.8 Å². The summed E-state index contributed by atoms with van der Waals surface area (Å²) < 4.78 is 35.4. The molecule has 1 aromatic carbocycles. The minimum absolute atomic E-state index is 0.0811. The number of aryl methyl sites for hydroxylation is 1. The molecule has 0 spiro atoms. The van der Waals surface area contributed by atoms with Gasteiger partial charge in [-0.05, 0) is 49.4 Å². The van der Waals surface area contributed by atoms with Crippen LogP contribution in [0.3, 0.4) is 0 Å². The van der Waals surface area contributed by atoms with Gasteiger partial charge in [0.2, 0.25) is 15.9 Å². The first-order valence-corrected chi connectivity index (χ1v) is 12.1. The highest BCUT2D eigenvalue weighted by Gasteiger charge is 2.27. The third-order valence-corrected chi connectivity index (χ3v) is 6.79. The summed E-state index contributed by atoms with van der Waals surface area (Å²) in [5, 5.41) is 11.3. The molecule has 1 aliphatic rings. The number of benzene rings is 1. The van der Waals surface area contributed by atoms with Gasteiger partial charge in [-0.15, -0.1) is 10.2 Å². The summed E-state index contributed by atoms with van der Waals surface area (Å²) in [6.45, 7) is 4.94. The van der Waals surface area contributed by atoms with E-state index in [4.69, 9.17) is 4.74 Å². The fourth-order valence-electron chi connectivity index (χ4n) is 3.66. The minimum atomic E-state index is -3.87. The summed E-state index contributed by atoms with van der Waals surface area (Å²) in [6.07, 6.45) is 4.56. The Labute approximate surface area is 183 Å². The van der Waals surface area contributed by atoms with E-state index < -0.39 is 16.1 Å². The van der Waals surface area contributed by atoms with Gasteiger partial charge in [-0.25, -0.2) is 8.42 Å². The lowest BCUT2D eigenvalue weighted by atomic mass is 10.0. The molecule has 3 rings (SSSR count). The lowest BCUT2D eigenvalue weighted by molar-refractivity contribution is -0.123. The van der Waals surface area contributed by atoms with E-state index in [9.17, 15) is 13.2 Å². The number of hydrogen-bond acceptors (Lipinski definition) is 6. The fraction of sp³-hybridized carbons (Fsp3) is 0.571. The zero-order valence-corrected chi connectivity index (χ0v) is 19.1. The zero-order chi connectivity index (χ0) is 22.4. The highest BCUT2D eigenvalue weighted by molar-refractivity contribution is 7.89. The molecule has 0 saturated heterocycles. The Balaban J connectivity index is 1.69. The van der Waals surface area contributed by atoms with E-state index >= 15 is 0 Å². The Morgan fingerprint density at radius 3 is 2.58 bits per heavy atom. The van der Waals surface area contributed by atoms with E-state index in [1.54, 1.807) is 12.1 Å². The van der Waals surface area contributed by atoms with Gasteiger partial charge in [0.15, 0.2) is 5.82 Å². The number of ether oxygens (including phenoxy) is 1. The molecule has 170 valence electrons. The number of hydrogen-bond donors (Lipinski definition) is 2. The quantitative estimate of drug-likeness (QED) is 0.605. The van der Waals surface area contributed by atoms with Crippen LogP contribution in [0.4, 0.5) is 0 Å². The Bertz CT molecular complexity index is 986. The molecule has 2 N–H and O–H groups in total. The number of aromatic nitrogens is 3. The molecule has 1 atom stereocenters. The van der Waals surface area contributed by atoms with Crippen molar-refractivity contribution in [2.24, 2.45) is 5.92 Å². The van der Waals surface area contributed by atoms with Crippen molar-refractivity contribution in [1.82, 2.24) is 24.8 Å². The number of methoxy groups -OCH3 is 1. The molecule has 9 nitrogen and oxygen atoms in total. The van der Waals surface area contributed by atoms with E-state index in [0.717, 1.165) is 38.1 Å². The van der Waals surface area contributed by atoms with Crippen molar-refractivity contribution in [3.05, 3.63) is 35.9 Å². The molecule has 0 saturated carbocycles. The molecular formula is C21H31N5O4S. The summed E-state index contributed by atoms with van der Waals surface area (Å²) in [4.78, 5) is 13.0. The first-order valence-electron chi connectivity index (χ1n) is 10.6. The van der Waals surface area contributed by atoms with Crippen molar-refractivity contribution in [2.45, 2.75) is 70.0 Å². The summed E-state index contributed by atoms with van der Waals surface area (Å²) in [5.74, 6) is 1.95. The third-order valence-electron chi connectivity index (χ3n) is 5.30. The average molecular weight is 450 g/mol. The molecule has 0 bridgehead atoms. The van der Waals surface area contributed by atoms with Gasteiger partial charge in [0, 0.05) is 13.0 Å². The van der Waals surface area contributed by atoms with Crippen LogP contribution >= 0.6 is 0 Å². The minimum Gasteiger partial charge on any atom is -0.497 e. The van der Waals surface area contributed by atoms with Crippen molar-refractivity contribution in [1.29, 1.82) is 0 Å². The largest absolute Gasteiger partial charge is 0.497 e. The van der Waals surface area contributed by atoms with Gasteiger partial charge in [0.1, 0.15) is 17.6 Å². The smallest absolute Gasteiger partial charge is 0.241 e. The molecule has 0 aliphatic carbocycles. The van der Waals surface area contributed by atoms with E-state index in [0.29, 0.717) is 18.0 Å². The maximum Gasteiger partial charge on any atom is 0.241 e. The number of carbonyl (C=O) groups is 1. The average Bonchev–Trinajstić information content (AvgIpc) is 2.97. The monoisotopic (exact) mass is 449 g/mol. The lowest BCUT2D eigenvalue weighted by Crippen LogP contribution is -2.47. The van der Waals surface area contributed by atoms with Crippen LogP contribution in [0.15, 0.2) is 29.2 Å². The van der Waals surface area contributed by atoms with Crippen LogP contribution in [-0.2, 0) is 34.3 Å². The summed E-state index contributed by atoms with van der Waals surface area (Å²) in [5.41, 5.74) is 0. The topological polar surface area (TPSA) is 115 Å². The van der Waals surface area contributed by atoms with Gasteiger partial charge in [0.05, 0.1) is 18.6 Å². The van der Waals surface area contributed by atoms with Crippen molar-refractivity contribution >= 4 is 15.9 Å². The summed E-state index contributed by atoms with van der Waals surface area (Å²) in [7, 11) is -2.35. The number of nitrogens with one attached hydrogen (secondary N) is 2. The molecule has 2 aromatic rings. The molecule has 31 heavy (non-hydrogen) atoms. The number of fused-ring (bicyclic) bond motifs is 1. The molecule has 0 fully saturated rings. The van der Waals surface area contributed by atoms with Crippen molar-refractivity contribution in [3.63, 3.8) is 0 Å². The van der Waals surface area contributed by atoms with Crippen molar-refractivity contribution in [3.8, 4) is 5.75 Å². The van der Waals surface area contributed by atoms with Crippen LogP contribution in [0.1, 0.15) is 51.2 Å². The molecule has 1 aromatic heterocycles. The highest BCUT2D eigenvalue weighted by Crippen LogP contribution is 2.17. The molecule has 2 heterocycles. The maximum absolute atomic E-state index is 12.9. The van der Waals surface area contributed by atoms with Crippen LogP contribution in [0.25, 0.3) is 0 Å². The third kappa shape index (κ3) is 6.04. The Morgan fingerprint density at radius 1 is 1.16 bits per heavy atom. The number of sulfonamides is 1. The highest BCUT2D eigenvalue weighted by atomic mass is 32.2. The van der Waals surface area contributed by atoms with Crippen LogP contribution in [0.5, 0.6) is 5.75 Å². The molecule has 10 heteroatoms. The number of amides is 1. The van der Waals surface area contributed by atoms with Crippen LogP contribution in [-0.4, -0.2) is 42.2 Å². The summed E-state index contributed by atoms with van der Waals surface area (Å²) >= 11 is 0. The van der Waals surface area contributed by atoms with E-state index in [1.807, 2.05) is 13.8 Å². The predicted octanol–water partition coefficient (Wildman–Crippen LogP) is 2.02. The van der Waals surface area contributed by atoms with Crippen LogP contribution in [0, 0.1) is 5.92 Å². The second kappa shape index (κ2) is 10.2. The van der Waals surface area contributed by atoms with E-state index in [1.165, 1.54) is 19.2 Å². The maximum atomic E-state index is 12.9. The Hall–Kier alpha value is -2.46. The van der Waals surface area contributed by atoms with Crippen molar-refractivity contribution in [2.75, 3.05) is 7.11 Å². The molecule has 0 radical (unpaired) electrons. The lowest BCUT2D eigenvalue weighted by Gasteiger charge is -2.20. The molecular weight excluding hydrogens is 418 g/mol. The number of carbonyl (C=O) groups excluding carboxylic acids is 1. The molecule has 1 amide bonds. The SMILES string of the molecule is COc1ccc(S(=O)(=O)NC(CC(C)C)C(=O)NCc2nnc3n2CCCCC3)cc1. The van der Waals surface area contributed by atoms with E-state index in [2.05, 4.69) is 24.8 Å². The Kier molecular flexibility index (Phi) is 7.66. The van der Waals surface area contributed by atoms with Gasteiger partial charge in [-0.3, -0.25) is 4.79 Å². The van der Waals surface area contributed by atoms with Gasteiger partial charge in [0.25, 0.3) is 0 Å². The number of rotatable bonds is 9. The summed E-state index contributed by atoms with van der Waals surface area (Å²) in [6, 6.07) is 5.17. The van der Waals surface area contributed by atoms with Gasteiger partial charge < -0.3 is 14.6 Å². The first-order chi connectivity index (χ1) is 14.8.